The van der Waals surface area contributed by atoms with E-state index in [9.17, 15) is 17.6 Å². The van der Waals surface area contributed by atoms with Crippen molar-refractivity contribution < 1.29 is 22.3 Å². The van der Waals surface area contributed by atoms with E-state index in [-0.39, 0.29) is 10.5 Å². The van der Waals surface area contributed by atoms with Gasteiger partial charge in [-0.2, -0.15) is 4.31 Å². The molecule has 0 heterocycles. The lowest BCUT2D eigenvalue weighted by Gasteiger charge is -2.21. The summed E-state index contributed by atoms with van der Waals surface area (Å²) in [5, 5.41) is 2.58. The van der Waals surface area contributed by atoms with Crippen molar-refractivity contribution in [3.63, 3.8) is 0 Å². The number of benzene rings is 2. The molecule has 1 amide bonds. The van der Waals surface area contributed by atoms with Crippen LogP contribution in [0, 0.1) is 5.82 Å². The van der Waals surface area contributed by atoms with Crippen LogP contribution in [0.1, 0.15) is 44.0 Å². The molecular formula is C21H27FN2O4S. The number of hydrogen-bond acceptors (Lipinski definition) is 4. The number of halogens is 1. The number of hydrogen-bond donors (Lipinski definition) is 1. The number of nitrogens with zero attached hydrogens (tertiary/aromatic N) is 1. The number of amides is 1. The molecule has 0 unspecified atom stereocenters. The van der Waals surface area contributed by atoms with E-state index < -0.39 is 21.7 Å². The normalized spacial score (nSPS) is 11.5. The van der Waals surface area contributed by atoms with E-state index in [2.05, 4.69) is 5.32 Å². The molecule has 0 spiro atoms. The quantitative estimate of drug-likeness (QED) is 0.620. The van der Waals surface area contributed by atoms with Crippen molar-refractivity contribution in [2.75, 3.05) is 25.0 Å². The first-order chi connectivity index (χ1) is 13.8. The Labute approximate surface area is 171 Å². The zero-order valence-corrected chi connectivity index (χ0v) is 17.8. The van der Waals surface area contributed by atoms with Gasteiger partial charge in [0.2, 0.25) is 10.0 Å². The Balaban J connectivity index is 2.28. The fourth-order valence-corrected chi connectivity index (χ4v) is 4.49. The highest BCUT2D eigenvalue weighted by Gasteiger charge is 2.25. The van der Waals surface area contributed by atoms with Gasteiger partial charge in [-0.1, -0.05) is 13.8 Å². The zero-order valence-electron chi connectivity index (χ0n) is 16.9. The molecule has 8 heteroatoms. The third-order valence-corrected chi connectivity index (χ3v) is 6.08. The summed E-state index contributed by atoms with van der Waals surface area (Å²) in [5.41, 5.74) is 0.123. The van der Waals surface area contributed by atoms with Crippen molar-refractivity contribution in [1.82, 2.24) is 4.31 Å². The third kappa shape index (κ3) is 5.77. The molecule has 29 heavy (non-hydrogen) atoms. The van der Waals surface area contributed by atoms with Gasteiger partial charge in [0.05, 0.1) is 17.1 Å². The Morgan fingerprint density at radius 1 is 1.03 bits per heavy atom. The van der Waals surface area contributed by atoms with Crippen LogP contribution < -0.4 is 10.1 Å². The number of sulfonamides is 1. The average molecular weight is 423 g/mol. The van der Waals surface area contributed by atoms with Gasteiger partial charge in [-0.25, -0.2) is 12.8 Å². The summed E-state index contributed by atoms with van der Waals surface area (Å²) in [7, 11) is -3.81. The lowest BCUT2D eigenvalue weighted by atomic mass is 10.2. The molecule has 6 nitrogen and oxygen atoms in total. The topological polar surface area (TPSA) is 75.7 Å². The molecule has 0 aliphatic carbocycles. The van der Waals surface area contributed by atoms with Crippen LogP contribution in [-0.2, 0) is 10.0 Å². The van der Waals surface area contributed by atoms with E-state index >= 15 is 0 Å². The molecule has 0 radical (unpaired) electrons. The summed E-state index contributed by atoms with van der Waals surface area (Å²) in [5.74, 6) is -0.858. The molecule has 2 aromatic rings. The molecule has 1 N–H and O–H groups in total. The van der Waals surface area contributed by atoms with Crippen molar-refractivity contribution in [2.45, 2.75) is 38.5 Å². The standard InChI is InChI=1S/C21H27FN2O4S/c1-4-13-24(14-5-2)29(26,27)18-11-12-20(22)19(15-18)21(25)23-16-7-9-17(10-8-16)28-6-3/h7-12,15H,4-6,13-14H2,1-3H3,(H,23,25). The average Bonchev–Trinajstić information content (AvgIpc) is 2.69. The second-order valence-electron chi connectivity index (χ2n) is 6.46. The summed E-state index contributed by atoms with van der Waals surface area (Å²) >= 11 is 0. The van der Waals surface area contributed by atoms with Crippen LogP contribution in [0.4, 0.5) is 10.1 Å². The first-order valence-corrected chi connectivity index (χ1v) is 11.1. The summed E-state index contributed by atoms with van der Waals surface area (Å²) < 4.78 is 46.8. The Bertz CT molecular complexity index is 924. The van der Waals surface area contributed by atoms with Crippen molar-refractivity contribution >= 4 is 21.6 Å². The van der Waals surface area contributed by atoms with Crippen molar-refractivity contribution in [1.29, 1.82) is 0 Å². The van der Waals surface area contributed by atoms with E-state index in [1.165, 1.54) is 10.4 Å². The highest BCUT2D eigenvalue weighted by molar-refractivity contribution is 7.89. The maximum atomic E-state index is 14.3. The summed E-state index contributed by atoms with van der Waals surface area (Å²) in [6.45, 7) is 6.88. The van der Waals surface area contributed by atoms with Crippen molar-refractivity contribution in [3.05, 3.63) is 53.8 Å². The first-order valence-electron chi connectivity index (χ1n) is 9.67. The van der Waals surface area contributed by atoms with Crippen LogP contribution in [-0.4, -0.2) is 38.3 Å². The van der Waals surface area contributed by atoms with Gasteiger partial charge in [0.1, 0.15) is 11.6 Å². The van der Waals surface area contributed by atoms with Gasteiger partial charge in [0.15, 0.2) is 0 Å². The van der Waals surface area contributed by atoms with Crippen LogP contribution in [0.3, 0.4) is 0 Å². The van der Waals surface area contributed by atoms with E-state index in [1.54, 1.807) is 24.3 Å². The van der Waals surface area contributed by atoms with E-state index in [0.717, 1.165) is 12.1 Å². The predicted molar refractivity (Wildman–Crippen MR) is 111 cm³/mol. The van der Waals surface area contributed by atoms with Gasteiger partial charge in [-0.15, -0.1) is 0 Å². The lowest BCUT2D eigenvalue weighted by molar-refractivity contribution is 0.102. The molecule has 0 bridgehead atoms. The molecule has 0 atom stereocenters. The number of anilines is 1. The minimum atomic E-state index is -3.81. The number of ether oxygens (including phenoxy) is 1. The van der Waals surface area contributed by atoms with E-state index in [4.69, 9.17) is 4.74 Å². The minimum Gasteiger partial charge on any atom is -0.494 e. The number of carbonyl (C=O) groups excluding carboxylic acids is 1. The van der Waals surface area contributed by atoms with Crippen molar-refractivity contribution in [3.8, 4) is 5.75 Å². The second kappa shape index (κ2) is 10.4. The van der Waals surface area contributed by atoms with Crippen LogP contribution >= 0.6 is 0 Å². The van der Waals surface area contributed by atoms with Gasteiger partial charge in [-0.05, 0) is 62.2 Å². The van der Waals surface area contributed by atoms with Crippen molar-refractivity contribution in [2.24, 2.45) is 0 Å². The Morgan fingerprint density at radius 2 is 1.66 bits per heavy atom. The zero-order chi connectivity index (χ0) is 21.4. The molecule has 0 aliphatic heterocycles. The Hall–Kier alpha value is -2.45. The van der Waals surface area contributed by atoms with Gasteiger partial charge in [-0.3, -0.25) is 4.79 Å². The minimum absolute atomic E-state index is 0.0994. The molecule has 0 aliphatic rings. The maximum absolute atomic E-state index is 14.3. The Morgan fingerprint density at radius 3 is 2.21 bits per heavy atom. The molecule has 0 fully saturated rings. The largest absolute Gasteiger partial charge is 0.494 e. The number of nitrogens with one attached hydrogen (secondary N) is 1. The number of rotatable bonds is 10. The highest BCUT2D eigenvalue weighted by atomic mass is 32.2. The summed E-state index contributed by atoms with van der Waals surface area (Å²) in [6.07, 6.45) is 1.32. The van der Waals surface area contributed by atoms with Crippen LogP contribution in [0.25, 0.3) is 0 Å². The fraction of sp³-hybridized carbons (Fsp3) is 0.381. The summed E-state index contributed by atoms with van der Waals surface area (Å²) in [6, 6.07) is 9.92. The fourth-order valence-electron chi connectivity index (χ4n) is 2.84. The predicted octanol–water partition coefficient (Wildman–Crippen LogP) is 4.29. The molecule has 2 aromatic carbocycles. The van der Waals surface area contributed by atoms with E-state index in [1.807, 2.05) is 20.8 Å². The SMILES string of the molecule is CCCN(CCC)S(=O)(=O)c1ccc(F)c(C(=O)Nc2ccc(OCC)cc2)c1. The molecule has 0 saturated heterocycles. The first kappa shape index (κ1) is 22.8. The highest BCUT2D eigenvalue weighted by Crippen LogP contribution is 2.22. The second-order valence-corrected chi connectivity index (χ2v) is 8.40. The smallest absolute Gasteiger partial charge is 0.258 e. The molecule has 0 aromatic heterocycles. The van der Waals surface area contributed by atoms with E-state index in [0.29, 0.717) is 44.0 Å². The molecule has 2 rings (SSSR count). The Kier molecular flexibility index (Phi) is 8.16. The lowest BCUT2D eigenvalue weighted by Crippen LogP contribution is -2.32. The van der Waals surface area contributed by atoms with Gasteiger partial charge in [0, 0.05) is 18.8 Å². The van der Waals surface area contributed by atoms with Gasteiger partial charge < -0.3 is 10.1 Å². The van der Waals surface area contributed by atoms with Gasteiger partial charge in [0.25, 0.3) is 5.91 Å². The summed E-state index contributed by atoms with van der Waals surface area (Å²) in [4.78, 5) is 12.5. The molecule has 0 saturated carbocycles. The maximum Gasteiger partial charge on any atom is 0.258 e. The molecule has 158 valence electrons. The van der Waals surface area contributed by atoms with Crippen LogP contribution in [0.15, 0.2) is 47.4 Å². The van der Waals surface area contributed by atoms with Crippen LogP contribution in [0.2, 0.25) is 0 Å². The molecular weight excluding hydrogens is 395 g/mol. The third-order valence-electron chi connectivity index (χ3n) is 4.19. The van der Waals surface area contributed by atoms with Crippen LogP contribution in [0.5, 0.6) is 5.75 Å². The number of carbonyl (C=O) groups is 1. The monoisotopic (exact) mass is 422 g/mol. The van der Waals surface area contributed by atoms with Gasteiger partial charge >= 0.3 is 0 Å².